The van der Waals surface area contributed by atoms with Crippen molar-refractivity contribution in [2.75, 3.05) is 19.5 Å². The van der Waals surface area contributed by atoms with E-state index in [4.69, 9.17) is 21.1 Å². The molecule has 104 valence electrons. The molecule has 2 rings (SSSR count). The van der Waals surface area contributed by atoms with E-state index in [0.29, 0.717) is 17.1 Å². The second kappa shape index (κ2) is 6.21. The van der Waals surface area contributed by atoms with Gasteiger partial charge >= 0.3 is 0 Å². The number of amides is 1. The zero-order valence-electron chi connectivity index (χ0n) is 10.9. The highest BCUT2D eigenvalue weighted by Gasteiger charge is 2.17. The average molecular weight is 294 g/mol. The van der Waals surface area contributed by atoms with Crippen LogP contribution in [0.5, 0.6) is 11.5 Å². The molecule has 0 aliphatic carbocycles. The lowest BCUT2D eigenvalue weighted by molar-refractivity contribution is 0.102. The monoisotopic (exact) mass is 293 g/mol. The molecule has 0 bridgehead atoms. The van der Waals surface area contributed by atoms with Gasteiger partial charge in [-0.2, -0.15) is 0 Å². The molecule has 0 saturated carbocycles. The number of carbonyl (C=O) groups is 1. The normalized spacial score (nSPS) is 9.95. The van der Waals surface area contributed by atoms with Crippen molar-refractivity contribution in [2.45, 2.75) is 0 Å². The van der Waals surface area contributed by atoms with Gasteiger partial charge in [0.1, 0.15) is 5.15 Å². The first-order valence-corrected chi connectivity index (χ1v) is 6.04. The maximum absolute atomic E-state index is 12.2. The number of nitrogens with zero attached hydrogens (tertiary/aromatic N) is 2. The molecule has 1 N–H and O–H groups in total. The number of carbonyl (C=O) groups excluding carboxylic acids is 1. The maximum Gasteiger partial charge on any atom is 0.261 e. The van der Waals surface area contributed by atoms with E-state index in [-0.39, 0.29) is 11.1 Å². The highest BCUT2D eigenvalue weighted by Crippen LogP contribution is 2.30. The van der Waals surface area contributed by atoms with Crippen molar-refractivity contribution in [3.05, 3.63) is 41.2 Å². The van der Waals surface area contributed by atoms with Crippen molar-refractivity contribution in [3.8, 4) is 11.5 Å². The Morgan fingerprint density at radius 1 is 1.25 bits per heavy atom. The van der Waals surface area contributed by atoms with E-state index >= 15 is 0 Å². The maximum atomic E-state index is 12.2. The van der Waals surface area contributed by atoms with Gasteiger partial charge in [-0.05, 0) is 18.2 Å². The molecule has 7 heteroatoms. The van der Waals surface area contributed by atoms with E-state index in [2.05, 4.69) is 15.3 Å². The molecule has 0 atom stereocenters. The molecule has 0 aliphatic heterocycles. The van der Waals surface area contributed by atoms with Crippen LogP contribution >= 0.6 is 11.6 Å². The highest BCUT2D eigenvalue weighted by molar-refractivity contribution is 6.29. The van der Waals surface area contributed by atoms with Gasteiger partial charge in [0.25, 0.3) is 5.91 Å². The van der Waals surface area contributed by atoms with E-state index in [9.17, 15) is 4.79 Å². The first-order chi connectivity index (χ1) is 9.65. The second-order valence-corrected chi connectivity index (χ2v) is 4.09. The first-order valence-electron chi connectivity index (χ1n) is 5.66. The topological polar surface area (TPSA) is 73.3 Å². The van der Waals surface area contributed by atoms with Crippen LogP contribution in [0, 0.1) is 0 Å². The van der Waals surface area contributed by atoms with E-state index in [0.717, 1.165) is 0 Å². The van der Waals surface area contributed by atoms with Crippen LogP contribution in [-0.4, -0.2) is 30.1 Å². The Morgan fingerprint density at radius 2 is 2.05 bits per heavy atom. The van der Waals surface area contributed by atoms with Gasteiger partial charge in [-0.15, -0.1) is 0 Å². The minimum absolute atomic E-state index is 0.118. The predicted molar refractivity (Wildman–Crippen MR) is 74.5 cm³/mol. The van der Waals surface area contributed by atoms with Gasteiger partial charge in [0.05, 0.1) is 19.8 Å². The summed E-state index contributed by atoms with van der Waals surface area (Å²) in [5.41, 5.74) is 0.315. The average Bonchev–Trinajstić information content (AvgIpc) is 2.46. The molecule has 0 spiro atoms. The molecule has 1 amide bonds. The lowest BCUT2D eigenvalue weighted by Gasteiger charge is -2.11. The summed E-state index contributed by atoms with van der Waals surface area (Å²) in [6.45, 7) is 0. The molecule has 0 aliphatic rings. The highest BCUT2D eigenvalue weighted by atomic mass is 35.5. The number of rotatable bonds is 4. The molecule has 0 fully saturated rings. The van der Waals surface area contributed by atoms with Crippen LogP contribution in [0.4, 0.5) is 5.95 Å². The lowest BCUT2D eigenvalue weighted by atomic mass is 10.1. The quantitative estimate of drug-likeness (QED) is 0.876. The first kappa shape index (κ1) is 14.1. The Kier molecular flexibility index (Phi) is 4.37. The van der Waals surface area contributed by atoms with Crippen LogP contribution < -0.4 is 14.8 Å². The molecule has 2 aromatic rings. The van der Waals surface area contributed by atoms with Crippen molar-refractivity contribution in [1.29, 1.82) is 0 Å². The Hall–Kier alpha value is -2.34. The fourth-order valence-corrected chi connectivity index (χ4v) is 1.77. The van der Waals surface area contributed by atoms with Crippen molar-refractivity contribution in [1.82, 2.24) is 9.97 Å². The minimum Gasteiger partial charge on any atom is -0.493 e. The zero-order chi connectivity index (χ0) is 14.5. The third kappa shape index (κ3) is 2.97. The third-order valence-corrected chi connectivity index (χ3v) is 2.71. The van der Waals surface area contributed by atoms with E-state index < -0.39 is 5.91 Å². The Bertz CT molecular complexity index is 634. The second-order valence-electron chi connectivity index (χ2n) is 3.70. The molecular weight excluding hydrogens is 282 g/mol. The standard InChI is InChI=1S/C13H12ClN3O3/c1-19-9-5-3-4-8(11(9)20-2)12(18)17-13-15-7-6-10(14)16-13/h3-7H,1-2H3,(H,15,16,17,18). The van der Waals surface area contributed by atoms with Gasteiger partial charge in [-0.25, -0.2) is 9.97 Å². The molecule has 0 radical (unpaired) electrons. The van der Waals surface area contributed by atoms with Gasteiger partial charge in [0.2, 0.25) is 5.95 Å². The number of aromatic nitrogens is 2. The third-order valence-electron chi connectivity index (χ3n) is 2.49. The fraction of sp³-hybridized carbons (Fsp3) is 0.154. The molecule has 1 aromatic carbocycles. The molecule has 6 nitrogen and oxygen atoms in total. The van der Waals surface area contributed by atoms with Crippen molar-refractivity contribution in [2.24, 2.45) is 0 Å². The Labute approximate surface area is 120 Å². The smallest absolute Gasteiger partial charge is 0.261 e. The Balaban J connectivity index is 2.30. The number of hydrogen-bond acceptors (Lipinski definition) is 5. The van der Waals surface area contributed by atoms with Crippen molar-refractivity contribution in [3.63, 3.8) is 0 Å². The fourth-order valence-electron chi connectivity index (χ4n) is 1.63. The van der Waals surface area contributed by atoms with Gasteiger partial charge in [-0.1, -0.05) is 17.7 Å². The zero-order valence-corrected chi connectivity index (χ0v) is 11.6. The van der Waals surface area contributed by atoms with Crippen LogP contribution in [-0.2, 0) is 0 Å². The summed E-state index contributed by atoms with van der Waals surface area (Å²) in [5.74, 6) is 0.511. The number of methoxy groups -OCH3 is 2. The molecule has 1 aromatic heterocycles. The Morgan fingerprint density at radius 3 is 2.70 bits per heavy atom. The van der Waals surface area contributed by atoms with Gasteiger partial charge in [0.15, 0.2) is 11.5 Å². The molecule has 0 saturated heterocycles. The van der Waals surface area contributed by atoms with E-state index in [1.54, 1.807) is 18.2 Å². The number of para-hydroxylation sites is 1. The number of ether oxygens (including phenoxy) is 2. The molecular formula is C13H12ClN3O3. The summed E-state index contributed by atoms with van der Waals surface area (Å²) in [6, 6.07) is 6.52. The minimum atomic E-state index is -0.414. The summed E-state index contributed by atoms with van der Waals surface area (Å²) >= 11 is 5.73. The summed E-state index contributed by atoms with van der Waals surface area (Å²) in [7, 11) is 2.96. The molecule has 20 heavy (non-hydrogen) atoms. The predicted octanol–water partition coefficient (Wildman–Crippen LogP) is 2.40. The number of hydrogen-bond donors (Lipinski definition) is 1. The van der Waals surface area contributed by atoms with Gasteiger partial charge in [0, 0.05) is 6.20 Å². The SMILES string of the molecule is COc1cccc(C(=O)Nc2nccc(Cl)n2)c1OC. The van der Waals surface area contributed by atoms with E-state index in [1.165, 1.54) is 26.5 Å². The largest absolute Gasteiger partial charge is 0.493 e. The number of nitrogens with one attached hydrogen (secondary N) is 1. The summed E-state index contributed by atoms with van der Waals surface area (Å²) < 4.78 is 10.3. The van der Waals surface area contributed by atoms with Crippen molar-refractivity contribution < 1.29 is 14.3 Å². The summed E-state index contributed by atoms with van der Waals surface area (Å²) in [5, 5.41) is 2.79. The van der Waals surface area contributed by atoms with Crippen molar-refractivity contribution >= 4 is 23.5 Å². The molecule has 1 heterocycles. The number of benzene rings is 1. The van der Waals surface area contributed by atoms with Gasteiger partial charge in [-0.3, -0.25) is 10.1 Å². The van der Waals surface area contributed by atoms with Crippen LogP contribution in [0.25, 0.3) is 0 Å². The van der Waals surface area contributed by atoms with E-state index in [1.807, 2.05) is 0 Å². The van der Waals surface area contributed by atoms with Gasteiger partial charge < -0.3 is 9.47 Å². The van der Waals surface area contributed by atoms with Crippen LogP contribution in [0.3, 0.4) is 0 Å². The summed E-state index contributed by atoms with van der Waals surface area (Å²) in [6.07, 6.45) is 1.45. The van der Waals surface area contributed by atoms with Crippen LogP contribution in [0.15, 0.2) is 30.5 Å². The number of anilines is 1. The summed E-state index contributed by atoms with van der Waals surface area (Å²) in [4.78, 5) is 20.0. The van der Waals surface area contributed by atoms with Crippen LogP contribution in [0.1, 0.15) is 10.4 Å². The molecule has 0 unspecified atom stereocenters. The number of halogens is 1. The lowest BCUT2D eigenvalue weighted by Crippen LogP contribution is -2.15. The van der Waals surface area contributed by atoms with Crippen LogP contribution in [0.2, 0.25) is 5.15 Å².